The molecule has 1 heterocycles. The predicted octanol–water partition coefficient (Wildman–Crippen LogP) is 2.06. The molecule has 0 unspecified atom stereocenters. The van der Waals surface area contributed by atoms with E-state index in [0.717, 1.165) is 6.42 Å². The highest BCUT2D eigenvalue weighted by atomic mass is 15.2. The molecule has 2 heteroatoms. The number of hydrogen-bond donors (Lipinski definition) is 0. The Morgan fingerprint density at radius 3 is 2.20 bits per heavy atom. The zero-order valence-electron chi connectivity index (χ0n) is 10.8. The molecule has 0 saturated carbocycles. The number of unbranched alkanes of at least 4 members (excludes halogenated alkanes) is 1. The molecule has 0 atom stereocenters. The van der Waals surface area contributed by atoms with Gasteiger partial charge in [0, 0.05) is 32.6 Å². The van der Waals surface area contributed by atoms with E-state index in [9.17, 15) is 0 Å². The summed E-state index contributed by atoms with van der Waals surface area (Å²) in [4.78, 5) is 4.93. The molecule has 1 aliphatic rings. The Morgan fingerprint density at radius 1 is 1.07 bits per heavy atom. The summed E-state index contributed by atoms with van der Waals surface area (Å²) in [6.07, 6.45) is 2.29. The maximum atomic E-state index is 3.11. The highest BCUT2D eigenvalue weighted by Crippen LogP contribution is 2.00. The number of rotatable bonds is 3. The van der Waals surface area contributed by atoms with Gasteiger partial charge >= 0.3 is 0 Å². The van der Waals surface area contributed by atoms with Gasteiger partial charge in [0.15, 0.2) is 0 Å². The molecule has 0 bridgehead atoms. The second-order valence-electron chi connectivity index (χ2n) is 3.68. The zero-order chi connectivity index (χ0) is 11.5. The van der Waals surface area contributed by atoms with Crippen LogP contribution in [0.5, 0.6) is 0 Å². The van der Waals surface area contributed by atoms with E-state index in [1.54, 1.807) is 0 Å². The second kappa shape index (κ2) is 10.0. The monoisotopic (exact) mass is 210 g/mol. The van der Waals surface area contributed by atoms with Crippen molar-refractivity contribution in [3.63, 3.8) is 0 Å². The van der Waals surface area contributed by atoms with Gasteiger partial charge in [0.2, 0.25) is 0 Å². The van der Waals surface area contributed by atoms with E-state index >= 15 is 0 Å². The molecule has 0 amide bonds. The highest BCUT2D eigenvalue weighted by Gasteiger charge is 2.12. The molecule has 2 nitrogen and oxygen atoms in total. The minimum atomic E-state index is 1.06. The van der Waals surface area contributed by atoms with Crippen LogP contribution in [0, 0.1) is 11.8 Å². The van der Waals surface area contributed by atoms with Gasteiger partial charge in [0.05, 0.1) is 0 Å². The lowest BCUT2D eigenvalue weighted by atomic mass is 10.2. The molecule has 1 aliphatic heterocycles. The van der Waals surface area contributed by atoms with Gasteiger partial charge < -0.3 is 9.80 Å². The standard InChI is InChI=1S/C11H20N2.C2H6/c1-3-4-5-6-7-13-10-8-12(2)9-11-13;1-2/h5-11H2,1-2H3;1-2H3. The molecule has 0 N–H and O–H groups in total. The molecular weight excluding hydrogens is 184 g/mol. The number of likely N-dealkylation sites (N-methyl/N-ethyl adjacent to an activating group) is 1. The Hall–Kier alpha value is -0.520. The van der Waals surface area contributed by atoms with E-state index in [4.69, 9.17) is 0 Å². The summed E-state index contributed by atoms with van der Waals surface area (Å²) in [5.74, 6) is 6.05. The molecule has 0 radical (unpaired) electrons. The minimum Gasteiger partial charge on any atom is -0.304 e. The Labute approximate surface area is 95.6 Å². The Balaban J connectivity index is 0.000000921. The van der Waals surface area contributed by atoms with E-state index < -0.39 is 0 Å². The van der Waals surface area contributed by atoms with Crippen molar-refractivity contribution in [2.45, 2.75) is 33.6 Å². The van der Waals surface area contributed by atoms with Gasteiger partial charge in [-0.1, -0.05) is 13.8 Å². The summed E-state index contributed by atoms with van der Waals surface area (Å²) >= 11 is 0. The largest absolute Gasteiger partial charge is 0.304 e. The van der Waals surface area contributed by atoms with Gasteiger partial charge in [-0.2, -0.15) is 0 Å². The molecule has 1 fully saturated rings. The van der Waals surface area contributed by atoms with Gasteiger partial charge in [0.1, 0.15) is 0 Å². The van der Waals surface area contributed by atoms with Gasteiger partial charge in [-0.15, -0.1) is 11.8 Å². The maximum Gasteiger partial charge on any atom is 0.0110 e. The molecule has 1 saturated heterocycles. The fourth-order valence-electron chi connectivity index (χ4n) is 1.59. The van der Waals surface area contributed by atoms with Gasteiger partial charge in [-0.3, -0.25) is 0 Å². The summed E-state index contributed by atoms with van der Waals surface area (Å²) < 4.78 is 0. The average Bonchev–Trinajstić information content (AvgIpc) is 2.30. The first-order valence-electron chi connectivity index (χ1n) is 6.13. The van der Waals surface area contributed by atoms with Crippen molar-refractivity contribution in [2.75, 3.05) is 39.8 Å². The molecule has 0 aromatic rings. The average molecular weight is 210 g/mol. The molecular formula is C13H26N2. The summed E-state index contributed by atoms with van der Waals surface area (Å²) in [5, 5.41) is 0. The van der Waals surface area contributed by atoms with Crippen molar-refractivity contribution in [1.29, 1.82) is 0 Å². The molecule has 0 spiro atoms. The van der Waals surface area contributed by atoms with Crippen LogP contribution in [0.3, 0.4) is 0 Å². The van der Waals surface area contributed by atoms with Crippen molar-refractivity contribution in [1.82, 2.24) is 9.80 Å². The van der Waals surface area contributed by atoms with Crippen LogP contribution in [-0.4, -0.2) is 49.6 Å². The minimum absolute atomic E-state index is 1.06. The normalized spacial score (nSPS) is 17.3. The number of nitrogens with zero attached hydrogens (tertiary/aromatic N) is 2. The molecule has 1 rings (SSSR count). The van der Waals surface area contributed by atoms with Crippen molar-refractivity contribution in [3.05, 3.63) is 0 Å². The third-order valence-electron chi connectivity index (χ3n) is 2.55. The van der Waals surface area contributed by atoms with E-state index in [2.05, 4.69) is 28.7 Å². The Bertz CT molecular complexity index is 182. The van der Waals surface area contributed by atoms with Crippen molar-refractivity contribution < 1.29 is 0 Å². The number of hydrogen-bond acceptors (Lipinski definition) is 2. The van der Waals surface area contributed by atoms with Crippen LogP contribution in [0.1, 0.15) is 33.6 Å². The zero-order valence-corrected chi connectivity index (χ0v) is 10.8. The van der Waals surface area contributed by atoms with Crippen LogP contribution < -0.4 is 0 Å². The predicted molar refractivity (Wildman–Crippen MR) is 68.0 cm³/mol. The third kappa shape index (κ3) is 7.41. The maximum absolute atomic E-state index is 3.11. The smallest absolute Gasteiger partial charge is 0.0110 e. The van der Waals surface area contributed by atoms with Crippen LogP contribution in [0.4, 0.5) is 0 Å². The molecule has 0 aromatic carbocycles. The lowest BCUT2D eigenvalue weighted by Crippen LogP contribution is -2.44. The summed E-state index contributed by atoms with van der Waals surface area (Å²) in [5.41, 5.74) is 0. The first-order chi connectivity index (χ1) is 7.33. The fraction of sp³-hybridized carbons (Fsp3) is 0.846. The number of piperazine rings is 1. The van der Waals surface area contributed by atoms with E-state index in [-0.39, 0.29) is 0 Å². The van der Waals surface area contributed by atoms with Crippen molar-refractivity contribution in [3.8, 4) is 11.8 Å². The first kappa shape index (κ1) is 14.5. The topological polar surface area (TPSA) is 6.48 Å². The van der Waals surface area contributed by atoms with E-state index in [1.165, 1.54) is 39.1 Å². The molecule has 0 aromatic heterocycles. The lowest BCUT2D eigenvalue weighted by molar-refractivity contribution is 0.153. The van der Waals surface area contributed by atoms with Crippen LogP contribution >= 0.6 is 0 Å². The highest BCUT2D eigenvalue weighted by molar-refractivity contribution is 4.94. The SMILES string of the molecule is CC.CC#CCCCN1CCN(C)CC1. The first-order valence-corrected chi connectivity index (χ1v) is 6.13. The van der Waals surface area contributed by atoms with Crippen molar-refractivity contribution in [2.24, 2.45) is 0 Å². The fourth-order valence-corrected chi connectivity index (χ4v) is 1.59. The van der Waals surface area contributed by atoms with E-state index in [0.29, 0.717) is 0 Å². The Morgan fingerprint density at radius 2 is 1.67 bits per heavy atom. The Kier molecular flexibility index (Phi) is 9.67. The molecule has 0 aliphatic carbocycles. The van der Waals surface area contributed by atoms with E-state index in [1.807, 2.05) is 20.8 Å². The van der Waals surface area contributed by atoms with Crippen LogP contribution in [0.2, 0.25) is 0 Å². The molecule has 88 valence electrons. The van der Waals surface area contributed by atoms with Gasteiger partial charge in [-0.25, -0.2) is 0 Å². The van der Waals surface area contributed by atoms with Gasteiger partial charge in [-0.05, 0) is 26.9 Å². The van der Waals surface area contributed by atoms with Gasteiger partial charge in [0.25, 0.3) is 0 Å². The second-order valence-corrected chi connectivity index (χ2v) is 3.68. The molecule has 15 heavy (non-hydrogen) atoms. The summed E-state index contributed by atoms with van der Waals surface area (Å²) in [6, 6.07) is 0. The third-order valence-corrected chi connectivity index (χ3v) is 2.55. The lowest BCUT2D eigenvalue weighted by Gasteiger charge is -2.32. The quantitative estimate of drug-likeness (QED) is 0.520. The van der Waals surface area contributed by atoms with Crippen molar-refractivity contribution >= 4 is 0 Å². The van der Waals surface area contributed by atoms with Crippen LogP contribution in [0.25, 0.3) is 0 Å². The summed E-state index contributed by atoms with van der Waals surface area (Å²) in [6.45, 7) is 12.0. The van der Waals surface area contributed by atoms with Crippen LogP contribution in [0.15, 0.2) is 0 Å². The van der Waals surface area contributed by atoms with Crippen LogP contribution in [-0.2, 0) is 0 Å². The summed E-state index contributed by atoms with van der Waals surface area (Å²) in [7, 11) is 2.19.